The smallest absolute Gasteiger partial charge is 0.387 e. The number of amides is 1. The van der Waals surface area contributed by atoms with Crippen LogP contribution in [0.5, 0.6) is 5.75 Å². The molecule has 0 fully saturated rings. The fourth-order valence-electron chi connectivity index (χ4n) is 2.04. The molecule has 2 unspecified atom stereocenters. The molecular weight excluding hydrogens is 278 g/mol. The topological polar surface area (TPSA) is 50.4 Å². The van der Waals surface area contributed by atoms with E-state index >= 15 is 0 Å². The van der Waals surface area contributed by atoms with E-state index in [-0.39, 0.29) is 23.7 Å². The number of rotatable bonds is 8. The molecule has 0 saturated heterocycles. The van der Waals surface area contributed by atoms with Gasteiger partial charge in [0.05, 0.1) is 6.04 Å². The second-order valence-electron chi connectivity index (χ2n) is 4.90. The van der Waals surface area contributed by atoms with Crippen LogP contribution < -0.4 is 15.4 Å². The molecule has 6 heteroatoms. The highest BCUT2D eigenvalue weighted by atomic mass is 19.3. The first-order valence-electron chi connectivity index (χ1n) is 6.99. The van der Waals surface area contributed by atoms with Crippen molar-refractivity contribution in [2.45, 2.75) is 45.9 Å². The molecule has 2 N–H and O–H groups in total. The predicted molar refractivity (Wildman–Crippen MR) is 77.4 cm³/mol. The summed E-state index contributed by atoms with van der Waals surface area (Å²) in [6.45, 7) is 3.66. The summed E-state index contributed by atoms with van der Waals surface area (Å²) in [6, 6.07) is 6.17. The Morgan fingerprint density at radius 3 is 2.67 bits per heavy atom. The predicted octanol–water partition coefficient (Wildman–Crippen LogP) is 2.85. The van der Waals surface area contributed by atoms with Gasteiger partial charge < -0.3 is 15.4 Å². The van der Waals surface area contributed by atoms with Crippen molar-refractivity contribution in [3.8, 4) is 5.75 Å². The Bertz CT molecular complexity index is 455. The molecule has 1 amide bonds. The van der Waals surface area contributed by atoms with Crippen LogP contribution in [0.3, 0.4) is 0 Å². The molecule has 0 spiro atoms. The lowest BCUT2D eigenvalue weighted by atomic mass is 10.1. The van der Waals surface area contributed by atoms with E-state index in [0.717, 1.165) is 12.1 Å². The summed E-state index contributed by atoms with van der Waals surface area (Å²) < 4.78 is 28.7. The van der Waals surface area contributed by atoms with Gasteiger partial charge in [-0.1, -0.05) is 19.1 Å². The van der Waals surface area contributed by atoms with Crippen LogP contribution in [0.4, 0.5) is 8.78 Å². The van der Waals surface area contributed by atoms with E-state index in [0.29, 0.717) is 6.42 Å². The normalized spacial score (nSPS) is 13.8. The van der Waals surface area contributed by atoms with Gasteiger partial charge in [-0.3, -0.25) is 4.79 Å². The van der Waals surface area contributed by atoms with Gasteiger partial charge in [0, 0.05) is 12.5 Å². The number of benzene rings is 1. The average Bonchev–Trinajstić information content (AvgIpc) is 2.38. The van der Waals surface area contributed by atoms with Crippen LogP contribution >= 0.6 is 0 Å². The van der Waals surface area contributed by atoms with Gasteiger partial charge in [-0.2, -0.15) is 8.78 Å². The average molecular weight is 300 g/mol. The van der Waals surface area contributed by atoms with Crippen LogP contribution in [-0.4, -0.2) is 25.1 Å². The van der Waals surface area contributed by atoms with Gasteiger partial charge in [-0.25, -0.2) is 0 Å². The molecule has 1 rings (SSSR count). The highest BCUT2D eigenvalue weighted by Crippen LogP contribution is 2.20. The van der Waals surface area contributed by atoms with E-state index in [1.54, 1.807) is 19.1 Å². The molecule has 2 atom stereocenters. The number of carbonyl (C=O) groups is 1. The van der Waals surface area contributed by atoms with Gasteiger partial charge in [0.25, 0.3) is 0 Å². The third kappa shape index (κ3) is 6.53. The summed E-state index contributed by atoms with van der Waals surface area (Å²) >= 11 is 0. The number of ether oxygens (including phenoxy) is 1. The maximum absolute atomic E-state index is 12.2. The van der Waals surface area contributed by atoms with E-state index in [2.05, 4.69) is 15.4 Å². The van der Waals surface area contributed by atoms with Crippen LogP contribution in [0.25, 0.3) is 0 Å². The molecule has 0 aliphatic carbocycles. The maximum atomic E-state index is 12.2. The Hall–Kier alpha value is -1.69. The molecule has 1 aromatic carbocycles. The van der Waals surface area contributed by atoms with Crippen molar-refractivity contribution >= 4 is 5.91 Å². The molecule has 0 heterocycles. The van der Waals surface area contributed by atoms with Crippen LogP contribution in [0, 0.1) is 0 Å². The van der Waals surface area contributed by atoms with E-state index in [1.807, 2.05) is 13.8 Å². The molecule has 0 aliphatic rings. The monoisotopic (exact) mass is 300 g/mol. The lowest BCUT2D eigenvalue weighted by Crippen LogP contribution is -2.34. The Balaban J connectivity index is 2.58. The molecule has 0 bridgehead atoms. The van der Waals surface area contributed by atoms with Crippen molar-refractivity contribution in [2.75, 3.05) is 6.54 Å². The summed E-state index contributed by atoms with van der Waals surface area (Å²) in [7, 11) is 0. The lowest BCUT2D eigenvalue weighted by molar-refractivity contribution is -0.122. The SMILES string of the molecule is CCNC(C)CC(=O)NC(C)c1cccc(OC(F)F)c1. The van der Waals surface area contributed by atoms with Gasteiger partial charge in [0.2, 0.25) is 5.91 Å². The highest BCUT2D eigenvalue weighted by Gasteiger charge is 2.13. The quantitative estimate of drug-likeness (QED) is 0.776. The summed E-state index contributed by atoms with van der Waals surface area (Å²) in [5, 5.41) is 6.00. The van der Waals surface area contributed by atoms with Crippen molar-refractivity contribution < 1.29 is 18.3 Å². The Kier molecular flexibility index (Phi) is 7.08. The van der Waals surface area contributed by atoms with Crippen molar-refractivity contribution in [3.05, 3.63) is 29.8 Å². The summed E-state index contributed by atoms with van der Waals surface area (Å²) in [6.07, 6.45) is 0.366. The minimum absolute atomic E-state index is 0.0869. The third-order valence-corrected chi connectivity index (χ3v) is 3.00. The minimum atomic E-state index is -2.86. The zero-order valence-corrected chi connectivity index (χ0v) is 12.5. The van der Waals surface area contributed by atoms with Gasteiger partial charge in [0.1, 0.15) is 5.75 Å². The van der Waals surface area contributed by atoms with Crippen molar-refractivity contribution in [2.24, 2.45) is 0 Å². The van der Waals surface area contributed by atoms with Gasteiger partial charge in [0.15, 0.2) is 0 Å². The first-order valence-corrected chi connectivity index (χ1v) is 6.99. The minimum Gasteiger partial charge on any atom is -0.435 e. The summed E-state index contributed by atoms with van der Waals surface area (Å²) in [5.41, 5.74) is 0.720. The molecule has 4 nitrogen and oxygen atoms in total. The number of hydrogen-bond donors (Lipinski definition) is 2. The number of alkyl halides is 2. The summed E-state index contributed by atoms with van der Waals surface area (Å²) in [4.78, 5) is 11.9. The van der Waals surface area contributed by atoms with Crippen molar-refractivity contribution in [3.63, 3.8) is 0 Å². The van der Waals surface area contributed by atoms with Crippen LogP contribution in [0.1, 0.15) is 38.8 Å². The highest BCUT2D eigenvalue weighted by molar-refractivity contribution is 5.77. The van der Waals surface area contributed by atoms with E-state index in [9.17, 15) is 13.6 Å². The second kappa shape index (κ2) is 8.56. The first-order chi connectivity index (χ1) is 9.92. The van der Waals surface area contributed by atoms with Crippen molar-refractivity contribution in [1.82, 2.24) is 10.6 Å². The Morgan fingerprint density at radius 1 is 1.33 bits per heavy atom. The fourth-order valence-corrected chi connectivity index (χ4v) is 2.04. The molecule has 0 saturated carbocycles. The Morgan fingerprint density at radius 2 is 2.05 bits per heavy atom. The lowest BCUT2D eigenvalue weighted by Gasteiger charge is -2.17. The molecule has 0 aliphatic heterocycles. The van der Waals surface area contributed by atoms with E-state index in [4.69, 9.17) is 0 Å². The largest absolute Gasteiger partial charge is 0.435 e. The van der Waals surface area contributed by atoms with E-state index < -0.39 is 6.61 Å². The molecule has 0 radical (unpaired) electrons. The number of hydrogen-bond acceptors (Lipinski definition) is 3. The molecule has 0 aromatic heterocycles. The van der Waals surface area contributed by atoms with Gasteiger partial charge in [-0.05, 0) is 38.1 Å². The number of halogens is 2. The fraction of sp³-hybridized carbons (Fsp3) is 0.533. The van der Waals surface area contributed by atoms with Crippen molar-refractivity contribution in [1.29, 1.82) is 0 Å². The first kappa shape index (κ1) is 17.4. The molecule has 1 aromatic rings. The number of nitrogens with one attached hydrogen (secondary N) is 2. The van der Waals surface area contributed by atoms with Crippen LogP contribution in [0.2, 0.25) is 0 Å². The zero-order chi connectivity index (χ0) is 15.8. The zero-order valence-electron chi connectivity index (χ0n) is 12.5. The van der Waals surface area contributed by atoms with Gasteiger partial charge in [-0.15, -0.1) is 0 Å². The molecule has 118 valence electrons. The molecule has 21 heavy (non-hydrogen) atoms. The summed E-state index contributed by atoms with van der Waals surface area (Å²) in [5.74, 6) is 0.000692. The van der Waals surface area contributed by atoms with Crippen LogP contribution in [0.15, 0.2) is 24.3 Å². The van der Waals surface area contributed by atoms with E-state index in [1.165, 1.54) is 12.1 Å². The van der Waals surface area contributed by atoms with Gasteiger partial charge >= 0.3 is 6.61 Å². The standard InChI is InChI=1S/C15H22F2N2O2/c1-4-18-10(2)8-14(20)19-11(3)12-6-5-7-13(9-12)21-15(16)17/h5-7,9-11,15,18H,4,8H2,1-3H3,(H,19,20). The maximum Gasteiger partial charge on any atom is 0.387 e. The number of carbonyl (C=O) groups excluding carboxylic acids is 1. The van der Waals surface area contributed by atoms with Crippen LogP contribution in [-0.2, 0) is 4.79 Å². The third-order valence-electron chi connectivity index (χ3n) is 3.00. The second-order valence-corrected chi connectivity index (χ2v) is 4.90. The molecular formula is C15H22F2N2O2. The Labute approximate surface area is 123 Å².